The van der Waals surface area contributed by atoms with Crippen LogP contribution in [0.25, 0.3) is 0 Å². The summed E-state index contributed by atoms with van der Waals surface area (Å²) in [5.41, 5.74) is 5.17. The van der Waals surface area contributed by atoms with Gasteiger partial charge in [-0.25, -0.2) is 4.98 Å². The Bertz CT molecular complexity index is 362. The van der Waals surface area contributed by atoms with Gasteiger partial charge in [-0.15, -0.1) is 11.3 Å². The number of carbonyl (C=O) groups excluding carboxylic acids is 1. The summed E-state index contributed by atoms with van der Waals surface area (Å²) in [4.78, 5) is 18.5. The number of thiazole rings is 1. The van der Waals surface area contributed by atoms with E-state index >= 15 is 0 Å². The van der Waals surface area contributed by atoms with Crippen molar-refractivity contribution in [1.29, 1.82) is 0 Å². The molecule has 1 aromatic heterocycles. The SMILES string of the molecule is CCN(CC)c1ncc(CNC(C)C(N)=O)s1. The van der Waals surface area contributed by atoms with E-state index in [0.29, 0.717) is 6.54 Å². The number of nitrogens with two attached hydrogens (primary N) is 1. The summed E-state index contributed by atoms with van der Waals surface area (Å²) in [6.07, 6.45) is 1.85. The maximum atomic E-state index is 10.9. The Labute approximate surface area is 106 Å². The number of hydrogen-bond donors (Lipinski definition) is 2. The fourth-order valence-electron chi connectivity index (χ4n) is 1.37. The first-order valence-electron chi connectivity index (χ1n) is 5.80. The highest BCUT2D eigenvalue weighted by Crippen LogP contribution is 2.21. The minimum absolute atomic E-state index is 0.311. The molecule has 1 aromatic rings. The molecule has 1 unspecified atom stereocenters. The molecule has 5 nitrogen and oxygen atoms in total. The molecule has 17 heavy (non-hydrogen) atoms. The van der Waals surface area contributed by atoms with E-state index < -0.39 is 0 Å². The molecule has 0 radical (unpaired) electrons. The first kappa shape index (κ1) is 13.9. The lowest BCUT2D eigenvalue weighted by Gasteiger charge is -2.16. The van der Waals surface area contributed by atoms with Crippen LogP contribution in [0.3, 0.4) is 0 Å². The van der Waals surface area contributed by atoms with Crippen LogP contribution in [-0.4, -0.2) is 30.0 Å². The van der Waals surface area contributed by atoms with Gasteiger partial charge in [0.2, 0.25) is 5.91 Å². The minimum atomic E-state index is -0.335. The van der Waals surface area contributed by atoms with Gasteiger partial charge in [0.05, 0.1) is 6.04 Å². The second-order valence-corrected chi connectivity index (χ2v) is 4.88. The number of nitrogens with one attached hydrogen (secondary N) is 1. The first-order chi connectivity index (χ1) is 8.08. The fraction of sp³-hybridized carbons (Fsp3) is 0.636. The van der Waals surface area contributed by atoms with Crippen LogP contribution in [-0.2, 0) is 11.3 Å². The van der Waals surface area contributed by atoms with Crippen molar-refractivity contribution in [1.82, 2.24) is 10.3 Å². The van der Waals surface area contributed by atoms with Gasteiger partial charge in [0.25, 0.3) is 0 Å². The Hall–Kier alpha value is -1.14. The van der Waals surface area contributed by atoms with E-state index in [-0.39, 0.29) is 11.9 Å². The molecule has 96 valence electrons. The molecular weight excluding hydrogens is 236 g/mol. The quantitative estimate of drug-likeness (QED) is 0.762. The van der Waals surface area contributed by atoms with Crippen LogP contribution in [0.5, 0.6) is 0 Å². The van der Waals surface area contributed by atoms with E-state index in [0.717, 1.165) is 23.1 Å². The summed E-state index contributed by atoms with van der Waals surface area (Å²) >= 11 is 1.64. The molecule has 0 aromatic carbocycles. The first-order valence-corrected chi connectivity index (χ1v) is 6.62. The molecule has 1 heterocycles. The Morgan fingerprint density at radius 2 is 2.24 bits per heavy atom. The molecule has 0 spiro atoms. The predicted octanol–water partition coefficient (Wildman–Crippen LogP) is 0.953. The smallest absolute Gasteiger partial charge is 0.234 e. The lowest BCUT2D eigenvalue weighted by atomic mass is 10.3. The second kappa shape index (κ2) is 6.56. The zero-order chi connectivity index (χ0) is 12.8. The highest BCUT2D eigenvalue weighted by molar-refractivity contribution is 7.15. The van der Waals surface area contributed by atoms with E-state index in [4.69, 9.17) is 5.73 Å². The summed E-state index contributed by atoms with van der Waals surface area (Å²) in [6.45, 7) is 8.51. The van der Waals surface area contributed by atoms with Gasteiger partial charge in [-0.2, -0.15) is 0 Å². The standard InChI is InChI=1S/C11H20N4OS/c1-4-15(5-2)11-14-7-9(17-11)6-13-8(3)10(12)16/h7-8,13H,4-6H2,1-3H3,(H2,12,16). The summed E-state index contributed by atoms with van der Waals surface area (Å²) in [7, 11) is 0. The van der Waals surface area contributed by atoms with Crippen LogP contribution >= 0.6 is 11.3 Å². The van der Waals surface area contributed by atoms with Crippen LogP contribution < -0.4 is 16.0 Å². The summed E-state index contributed by atoms with van der Waals surface area (Å²) in [5, 5.41) is 4.09. The van der Waals surface area contributed by atoms with Gasteiger partial charge in [-0.3, -0.25) is 4.79 Å². The molecule has 1 atom stereocenters. The molecule has 1 rings (SSSR count). The number of aromatic nitrogens is 1. The zero-order valence-corrected chi connectivity index (χ0v) is 11.4. The van der Waals surface area contributed by atoms with Crippen molar-refractivity contribution < 1.29 is 4.79 Å². The van der Waals surface area contributed by atoms with Crippen LogP contribution in [0.2, 0.25) is 0 Å². The summed E-state index contributed by atoms with van der Waals surface area (Å²) in [6, 6.07) is -0.311. The Kier molecular flexibility index (Phi) is 5.37. The maximum absolute atomic E-state index is 10.9. The third kappa shape index (κ3) is 3.98. The van der Waals surface area contributed by atoms with E-state index in [1.54, 1.807) is 18.3 Å². The van der Waals surface area contributed by atoms with Crippen molar-refractivity contribution in [2.45, 2.75) is 33.4 Å². The summed E-state index contributed by atoms with van der Waals surface area (Å²) < 4.78 is 0. The van der Waals surface area contributed by atoms with Gasteiger partial charge in [-0.05, 0) is 20.8 Å². The fourth-order valence-corrected chi connectivity index (χ4v) is 2.36. The lowest BCUT2D eigenvalue weighted by molar-refractivity contribution is -0.119. The van der Waals surface area contributed by atoms with Crippen LogP contribution in [0.15, 0.2) is 6.20 Å². The number of anilines is 1. The molecule has 0 aliphatic rings. The van der Waals surface area contributed by atoms with Gasteiger partial charge < -0.3 is 16.0 Å². The summed E-state index contributed by atoms with van der Waals surface area (Å²) in [5.74, 6) is -0.335. The van der Waals surface area contributed by atoms with Gasteiger partial charge in [0, 0.05) is 30.7 Å². The third-order valence-corrected chi connectivity index (χ3v) is 3.64. The zero-order valence-electron chi connectivity index (χ0n) is 10.6. The molecule has 6 heteroatoms. The topological polar surface area (TPSA) is 71.2 Å². The van der Waals surface area contributed by atoms with Crippen LogP contribution in [0.1, 0.15) is 25.6 Å². The molecule has 0 fully saturated rings. The van der Waals surface area contributed by atoms with E-state index in [9.17, 15) is 4.79 Å². The van der Waals surface area contributed by atoms with Crippen molar-refractivity contribution in [3.63, 3.8) is 0 Å². The molecule has 0 aliphatic carbocycles. The predicted molar refractivity (Wildman–Crippen MR) is 71.2 cm³/mol. The average Bonchev–Trinajstić information content (AvgIpc) is 2.76. The van der Waals surface area contributed by atoms with Crippen molar-refractivity contribution in [3.8, 4) is 0 Å². The van der Waals surface area contributed by atoms with Crippen molar-refractivity contribution >= 4 is 22.4 Å². The molecule has 1 amide bonds. The molecule has 0 aliphatic heterocycles. The normalized spacial score (nSPS) is 12.4. The van der Waals surface area contributed by atoms with Gasteiger partial charge >= 0.3 is 0 Å². The maximum Gasteiger partial charge on any atom is 0.234 e. The molecule has 0 saturated carbocycles. The van der Waals surface area contributed by atoms with Gasteiger partial charge in [0.15, 0.2) is 5.13 Å². The number of primary amides is 1. The van der Waals surface area contributed by atoms with Crippen LogP contribution in [0.4, 0.5) is 5.13 Å². The number of nitrogens with zero attached hydrogens (tertiary/aromatic N) is 2. The van der Waals surface area contributed by atoms with E-state index in [1.165, 1.54) is 0 Å². The van der Waals surface area contributed by atoms with E-state index in [2.05, 4.69) is 29.0 Å². The highest BCUT2D eigenvalue weighted by atomic mass is 32.1. The van der Waals surface area contributed by atoms with Gasteiger partial charge in [-0.1, -0.05) is 0 Å². The van der Waals surface area contributed by atoms with E-state index in [1.807, 2.05) is 6.20 Å². The molecule has 0 bridgehead atoms. The van der Waals surface area contributed by atoms with Crippen molar-refractivity contribution in [3.05, 3.63) is 11.1 Å². The Morgan fingerprint density at radius 1 is 1.59 bits per heavy atom. The number of carbonyl (C=O) groups is 1. The second-order valence-electron chi connectivity index (χ2n) is 3.79. The largest absolute Gasteiger partial charge is 0.368 e. The van der Waals surface area contributed by atoms with Gasteiger partial charge in [0.1, 0.15) is 0 Å². The minimum Gasteiger partial charge on any atom is -0.368 e. The lowest BCUT2D eigenvalue weighted by Crippen LogP contribution is -2.38. The Balaban J connectivity index is 2.54. The highest BCUT2D eigenvalue weighted by Gasteiger charge is 2.10. The molecular formula is C11H20N4OS. The monoisotopic (exact) mass is 256 g/mol. The third-order valence-electron chi connectivity index (χ3n) is 2.58. The van der Waals surface area contributed by atoms with Crippen molar-refractivity contribution in [2.75, 3.05) is 18.0 Å². The number of hydrogen-bond acceptors (Lipinski definition) is 5. The molecule has 0 saturated heterocycles. The van der Waals surface area contributed by atoms with Crippen molar-refractivity contribution in [2.24, 2.45) is 5.73 Å². The average molecular weight is 256 g/mol. The molecule has 3 N–H and O–H groups in total. The number of amides is 1. The Morgan fingerprint density at radius 3 is 2.76 bits per heavy atom. The number of rotatable bonds is 7. The van der Waals surface area contributed by atoms with Crippen LogP contribution in [0, 0.1) is 0 Å².